The molecule has 7 nitrogen and oxygen atoms in total. The lowest BCUT2D eigenvalue weighted by molar-refractivity contribution is -0.121. The van der Waals surface area contributed by atoms with E-state index in [9.17, 15) is 9.59 Å². The quantitative estimate of drug-likeness (QED) is 0.808. The first-order valence-electron chi connectivity index (χ1n) is 9.76. The predicted octanol–water partition coefficient (Wildman–Crippen LogP) is 2.68. The van der Waals surface area contributed by atoms with Crippen molar-refractivity contribution in [2.45, 2.75) is 51.0 Å². The first-order chi connectivity index (χ1) is 13.2. The van der Waals surface area contributed by atoms with Gasteiger partial charge in [-0.3, -0.25) is 4.79 Å². The van der Waals surface area contributed by atoms with Crippen molar-refractivity contribution in [3.05, 3.63) is 23.7 Å². The van der Waals surface area contributed by atoms with E-state index in [1.54, 1.807) is 12.1 Å². The van der Waals surface area contributed by atoms with E-state index in [1.165, 1.54) is 39.2 Å². The van der Waals surface area contributed by atoms with Gasteiger partial charge in [0.05, 0.1) is 25.3 Å². The number of carbonyl (C=O) groups excluding carboxylic acids is 2. The Morgan fingerprint density at radius 1 is 1.19 bits per heavy atom. The molecule has 1 saturated carbocycles. The fourth-order valence-corrected chi connectivity index (χ4v) is 4.56. The Morgan fingerprint density at radius 3 is 2.78 bits per heavy atom. The van der Waals surface area contributed by atoms with Gasteiger partial charge in [0, 0.05) is 0 Å². The Labute approximate surface area is 157 Å². The molecule has 2 atom stereocenters. The summed E-state index contributed by atoms with van der Waals surface area (Å²) in [5.41, 5.74) is 1.37. The van der Waals surface area contributed by atoms with Crippen LogP contribution in [-0.2, 0) is 16.0 Å². The topological polar surface area (TPSA) is 94.3 Å². The van der Waals surface area contributed by atoms with Crippen LogP contribution in [0.2, 0.25) is 0 Å². The first-order valence-corrected chi connectivity index (χ1v) is 9.76. The summed E-state index contributed by atoms with van der Waals surface area (Å²) in [6.07, 6.45) is 7.72. The monoisotopic (exact) mass is 371 g/mol. The number of nitrogens with zero attached hydrogens (tertiary/aromatic N) is 2. The smallest absolute Gasteiger partial charge is 0.394 e. The van der Waals surface area contributed by atoms with Crippen molar-refractivity contribution in [3.63, 3.8) is 0 Å². The van der Waals surface area contributed by atoms with Crippen LogP contribution in [0.25, 0.3) is 11.2 Å². The van der Waals surface area contributed by atoms with Gasteiger partial charge in [-0.1, -0.05) is 32.1 Å². The number of rotatable bonds is 5. The van der Waals surface area contributed by atoms with Crippen molar-refractivity contribution >= 4 is 23.0 Å². The number of pyridine rings is 1. The lowest BCUT2D eigenvalue weighted by Gasteiger charge is -2.30. The van der Waals surface area contributed by atoms with E-state index < -0.39 is 5.97 Å². The third-order valence-electron chi connectivity index (χ3n) is 5.90. The minimum absolute atomic E-state index is 0.0778. The van der Waals surface area contributed by atoms with Crippen molar-refractivity contribution in [3.8, 4) is 0 Å². The molecule has 4 rings (SSSR count). The average Bonchev–Trinajstić information content (AvgIpc) is 3.34. The molecule has 0 radical (unpaired) electrons. The molecule has 1 saturated heterocycles. The summed E-state index contributed by atoms with van der Waals surface area (Å²) in [5, 5.41) is 3.41. The molecule has 2 fully saturated rings. The largest absolute Gasteiger partial charge is 0.462 e. The van der Waals surface area contributed by atoms with E-state index in [0.717, 1.165) is 13.0 Å². The number of carbonyl (C=O) groups is 2. The Morgan fingerprint density at radius 2 is 2.00 bits per heavy atom. The summed E-state index contributed by atoms with van der Waals surface area (Å²) < 4.78 is 9.97. The maximum Gasteiger partial charge on any atom is 0.394 e. The summed E-state index contributed by atoms with van der Waals surface area (Å²) in [7, 11) is 1.27. The second-order valence-electron chi connectivity index (χ2n) is 7.56. The highest BCUT2D eigenvalue weighted by molar-refractivity contribution is 5.88. The second kappa shape index (κ2) is 7.76. The molecule has 0 spiro atoms. The van der Waals surface area contributed by atoms with Crippen molar-refractivity contribution < 1.29 is 18.7 Å². The maximum absolute atomic E-state index is 12.9. The van der Waals surface area contributed by atoms with Gasteiger partial charge in [0.1, 0.15) is 5.52 Å². The molecule has 0 bridgehead atoms. The van der Waals surface area contributed by atoms with Gasteiger partial charge in [-0.05, 0) is 36.9 Å². The molecular weight excluding hydrogens is 346 g/mol. The zero-order valence-corrected chi connectivity index (χ0v) is 15.6. The number of ether oxygens (including phenoxy) is 1. The Kier molecular flexibility index (Phi) is 5.20. The number of methoxy groups -OCH3 is 1. The number of fused-ring (bicyclic) bond motifs is 1. The van der Waals surface area contributed by atoms with Gasteiger partial charge in [0.2, 0.25) is 5.71 Å². The van der Waals surface area contributed by atoms with Gasteiger partial charge in [-0.2, -0.15) is 0 Å². The molecule has 27 heavy (non-hydrogen) atoms. The molecule has 0 aromatic carbocycles. The van der Waals surface area contributed by atoms with E-state index in [0.29, 0.717) is 23.0 Å². The molecule has 144 valence electrons. The van der Waals surface area contributed by atoms with Crippen LogP contribution in [0.3, 0.4) is 0 Å². The zero-order valence-electron chi connectivity index (χ0n) is 15.6. The van der Waals surface area contributed by atoms with Crippen molar-refractivity contribution in [1.82, 2.24) is 15.3 Å². The van der Waals surface area contributed by atoms with Crippen LogP contribution in [-0.4, -0.2) is 41.4 Å². The average molecular weight is 371 g/mol. The minimum atomic E-state index is -0.642. The van der Waals surface area contributed by atoms with Crippen molar-refractivity contribution in [2.75, 3.05) is 13.7 Å². The van der Waals surface area contributed by atoms with Crippen LogP contribution in [0.4, 0.5) is 0 Å². The number of esters is 1. The molecule has 2 aromatic rings. The Balaban J connectivity index is 1.47. The van der Waals surface area contributed by atoms with Crippen LogP contribution in [0, 0.1) is 11.8 Å². The summed E-state index contributed by atoms with van der Waals surface area (Å²) >= 11 is 0. The number of Topliss-reactive ketones (excluding diaryl/α,β-unsaturated/α-hetero) is 1. The third kappa shape index (κ3) is 3.74. The van der Waals surface area contributed by atoms with E-state index in [2.05, 4.69) is 20.0 Å². The zero-order chi connectivity index (χ0) is 18.8. The molecule has 3 heterocycles. The van der Waals surface area contributed by atoms with Crippen LogP contribution in [0.1, 0.15) is 54.9 Å². The standard InChI is InChI=1S/C20H25N3O4/c1-26-20(25)19-23-15-8-7-13(22-18(15)27-19)11-16(24)17-14(9-10-21-17)12-5-3-2-4-6-12/h7-8,12,14,17,21H,2-6,9-11H2,1H3/t14-,17-/m0/s1. The second-order valence-corrected chi connectivity index (χ2v) is 7.56. The lowest BCUT2D eigenvalue weighted by Crippen LogP contribution is -2.40. The predicted molar refractivity (Wildman–Crippen MR) is 98.3 cm³/mol. The third-order valence-corrected chi connectivity index (χ3v) is 5.90. The number of nitrogens with one attached hydrogen (secondary N) is 1. The summed E-state index contributed by atoms with van der Waals surface area (Å²) in [6, 6.07) is 3.42. The van der Waals surface area contributed by atoms with Crippen molar-refractivity contribution in [2.24, 2.45) is 11.8 Å². The molecule has 7 heteroatoms. The first kappa shape index (κ1) is 18.1. The van der Waals surface area contributed by atoms with Crippen molar-refractivity contribution in [1.29, 1.82) is 0 Å². The molecule has 2 aliphatic rings. The summed E-state index contributed by atoms with van der Waals surface area (Å²) in [6.45, 7) is 0.911. The van der Waals surface area contributed by atoms with Gasteiger partial charge < -0.3 is 14.5 Å². The number of ketones is 1. The molecular formula is C20H25N3O4. The molecule has 0 unspecified atom stereocenters. The van der Waals surface area contributed by atoms with Gasteiger partial charge in [0.25, 0.3) is 0 Å². The SMILES string of the molecule is COC(=O)c1nc2ccc(CC(=O)[C@H]3NCC[C@H]3C3CCCCC3)nc2o1. The van der Waals surface area contributed by atoms with E-state index >= 15 is 0 Å². The van der Waals surface area contributed by atoms with Gasteiger partial charge >= 0.3 is 11.9 Å². The molecule has 1 aliphatic carbocycles. The molecule has 1 aliphatic heterocycles. The highest BCUT2D eigenvalue weighted by atomic mass is 16.5. The fourth-order valence-electron chi connectivity index (χ4n) is 4.56. The van der Waals surface area contributed by atoms with E-state index in [1.807, 2.05) is 0 Å². The van der Waals surface area contributed by atoms with Gasteiger partial charge in [-0.15, -0.1) is 0 Å². The molecule has 2 aromatic heterocycles. The van der Waals surface area contributed by atoms with Crippen LogP contribution in [0.5, 0.6) is 0 Å². The highest BCUT2D eigenvalue weighted by Crippen LogP contribution is 2.36. The minimum Gasteiger partial charge on any atom is -0.462 e. The van der Waals surface area contributed by atoms with Gasteiger partial charge in [-0.25, -0.2) is 14.8 Å². The molecule has 0 amide bonds. The van der Waals surface area contributed by atoms with Crippen LogP contribution in [0.15, 0.2) is 16.5 Å². The highest BCUT2D eigenvalue weighted by Gasteiger charge is 2.37. The lowest BCUT2D eigenvalue weighted by atomic mass is 9.75. The number of aromatic nitrogens is 2. The maximum atomic E-state index is 12.9. The Hall–Kier alpha value is -2.28. The number of oxazole rings is 1. The van der Waals surface area contributed by atoms with E-state index in [-0.39, 0.29) is 29.9 Å². The molecule has 1 N–H and O–H groups in total. The Bertz CT molecular complexity index is 841. The summed E-state index contributed by atoms with van der Waals surface area (Å²) in [4.78, 5) is 32.9. The summed E-state index contributed by atoms with van der Waals surface area (Å²) in [5.74, 6) is 0.518. The number of hydrogen-bond acceptors (Lipinski definition) is 7. The van der Waals surface area contributed by atoms with E-state index in [4.69, 9.17) is 4.42 Å². The normalized spacial score (nSPS) is 23.6. The van der Waals surface area contributed by atoms with Crippen LogP contribution < -0.4 is 5.32 Å². The van der Waals surface area contributed by atoms with Crippen LogP contribution >= 0.6 is 0 Å². The fraction of sp³-hybridized carbons (Fsp3) is 0.600. The number of hydrogen-bond donors (Lipinski definition) is 1. The van der Waals surface area contributed by atoms with Gasteiger partial charge in [0.15, 0.2) is 5.78 Å².